The lowest BCUT2D eigenvalue weighted by Gasteiger charge is -2.30. The third-order valence-corrected chi connectivity index (χ3v) is 5.10. The molecular formula is C15H13N3O4S. The number of carbonyl (C=O) groups excluding carboxylic acids is 1. The summed E-state index contributed by atoms with van der Waals surface area (Å²) in [6.07, 6.45) is 1.62. The Morgan fingerprint density at radius 3 is 2.87 bits per heavy atom. The first-order valence-corrected chi connectivity index (χ1v) is 7.84. The molecule has 0 saturated carbocycles. The van der Waals surface area contributed by atoms with Crippen LogP contribution in [0.5, 0.6) is 0 Å². The van der Waals surface area contributed by atoms with Crippen molar-refractivity contribution in [3.05, 3.63) is 48.7 Å². The molecule has 1 aromatic heterocycles. The highest BCUT2D eigenvalue weighted by atomic mass is 32.1. The highest BCUT2D eigenvalue weighted by molar-refractivity contribution is 7.12. The largest absolute Gasteiger partial charge is 0.444 e. The van der Waals surface area contributed by atoms with Crippen LogP contribution in [-0.2, 0) is 9.53 Å². The van der Waals surface area contributed by atoms with Gasteiger partial charge in [0, 0.05) is 29.4 Å². The summed E-state index contributed by atoms with van der Waals surface area (Å²) < 4.78 is 5.46. The van der Waals surface area contributed by atoms with Gasteiger partial charge < -0.3 is 10.5 Å². The molecule has 0 unspecified atom stereocenters. The molecule has 1 aromatic rings. The molecule has 0 radical (unpaired) electrons. The first kappa shape index (κ1) is 15.2. The van der Waals surface area contributed by atoms with E-state index in [-0.39, 0.29) is 22.9 Å². The minimum Gasteiger partial charge on any atom is -0.444 e. The Bertz CT molecular complexity index is 828. The van der Waals surface area contributed by atoms with Crippen molar-refractivity contribution in [2.45, 2.75) is 32.1 Å². The second-order valence-electron chi connectivity index (χ2n) is 5.39. The molecule has 23 heavy (non-hydrogen) atoms. The van der Waals surface area contributed by atoms with Crippen LogP contribution in [0.2, 0.25) is 0 Å². The smallest absolute Gasteiger partial charge is 0.283 e. The number of ether oxygens (including phenoxy) is 1. The quantitative estimate of drug-likeness (QED) is 0.657. The molecule has 7 nitrogen and oxygen atoms in total. The third-order valence-electron chi connectivity index (χ3n) is 4.00. The summed E-state index contributed by atoms with van der Waals surface area (Å²) in [5, 5.41) is 20.5. The van der Waals surface area contributed by atoms with Crippen LogP contribution in [0.25, 0.3) is 0 Å². The minimum atomic E-state index is -0.672. The van der Waals surface area contributed by atoms with E-state index in [4.69, 9.17) is 10.5 Å². The van der Waals surface area contributed by atoms with Crippen molar-refractivity contribution >= 4 is 22.8 Å². The predicted molar refractivity (Wildman–Crippen MR) is 82.2 cm³/mol. The number of Topliss-reactive ketones (excluding diaryl/α,β-unsaturated/α-hetero) is 1. The average molecular weight is 331 g/mol. The number of allylic oxidation sites excluding steroid dienone is 3. The number of nitrogens with zero attached hydrogens (tertiary/aromatic N) is 2. The first-order valence-electron chi connectivity index (χ1n) is 7.02. The normalized spacial score (nSPS) is 20.9. The summed E-state index contributed by atoms with van der Waals surface area (Å²) in [6, 6.07) is 3.42. The second-order valence-corrected chi connectivity index (χ2v) is 6.67. The van der Waals surface area contributed by atoms with Gasteiger partial charge in [-0.2, -0.15) is 5.26 Å². The average Bonchev–Trinajstić information content (AvgIpc) is 2.88. The van der Waals surface area contributed by atoms with Crippen molar-refractivity contribution in [2.24, 2.45) is 5.73 Å². The summed E-state index contributed by atoms with van der Waals surface area (Å²) in [5.41, 5.74) is 6.37. The maximum atomic E-state index is 12.4. The molecule has 0 fully saturated rings. The lowest BCUT2D eigenvalue weighted by atomic mass is 9.80. The van der Waals surface area contributed by atoms with Gasteiger partial charge in [-0.05, 0) is 13.3 Å². The summed E-state index contributed by atoms with van der Waals surface area (Å²) >= 11 is 1.20. The molecule has 2 N–H and O–H groups in total. The van der Waals surface area contributed by atoms with E-state index in [2.05, 4.69) is 0 Å². The zero-order valence-electron chi connectivity index (χ0n) is 12.3. The number of rotatable bonds is 2. The Balaban J connectivity index is 2.19. The molecule has 0 amide bonds. The topological polar surface area (TPSA) is 119 Å². The van der Waals surface area contributed by atoms with E-state index in [1.165, 1.54) is 17.4 Å². The number of ketones is 1. The van der Waals surface area contributed by atoms with Crippen LogP contribution in [0.1, 0.15) is 34.9 Å². The van der Waals surface area contributed by atoms with E-state index in [0.29, 0.717) is 40.3 Å². The number of nitrogens with two attached hydrogens (primary N) is 1. The molecule has 0 aromatic carbocycles. The zero-order chi connectivity index (χ0) is 16.7. The molecule has 2 aliphatic rings. The predicted octanol–water partition coefficient (Wildman–Crippen LogP) is 2.78. The zero-order valence-corrected chi connectivity index (χ0v) is 13.1. The van der Waals surface area contributed by atoms with E-state index in [1.807, 2.05) is 6.07 Å². The van der Waals surface area contributed by atoms with E-state index in [1.54, 1.807) is 6.92 Å². The van der Waals surface area contributed by atoms with Crippen LogP contribution in [0.15, 0.2) is 28.9 Å². The van der Waals surface area contributed by atoms with E-state index >= 15 is 0 Å². The number of nitro groups is 1. The maximum absolute atomic E-state index is 12.4. The standard InChI is InChI=1S/C15H13N3O4S/c1-7-9(18(20)21)5-12(23-7)13-8(6-16)15(17)22-11-4-2-3-10(19)14(11)13/h5,13H,2-4,17H2,1H3/t13-/m0/s1. The van der Waals surface area contributed by atoms with Crippen LogP contribution in [0.3, 0.4) is 0 Å². The van der Waals surface area contributed by atoms with Crippen molar-refractivity contribution in [3.8, 4) is 6.07 Å². The van der Waals surface area contributed by atoms with Gasteiger partial charge in [0.05, 0.1) is 15.7 Å². The van der Waals surface area contributed by atoms with Crippen LogP contribution < -0.4 is 5.73 Å². The van der Waals surface area contributed by atoms with Gasteiger partial charge in [0.15, 0.2) is 5.78 Å². The van der Waals surface area contributed by atoms with Gasteiger partial charge in [0.2, 0.25) is 5.88 Å². The Morgan fingerprint density at radius 1 is 1.52 bits per heavy atom. The highest BCUT2D eigenvalue weighted by Gasteiger charge is 2.39. The maximum Gasteiger partial charge on any atom is 0.283 e. The molecule has 1 aliphatic heterocycles. The summed E-state index contributed by atoms with van der Waals surface area (Å²) in [7, 11) is 0. The Morgan fingerprint density at radius 2 is 2.26 bits per heavy atom. The molecule has 0 bridgehead atoms. The van der Waals surface area contributed by atoms with Crippen LogP contribution in [0, 0.1) is 28.4 Å². The van der Waals surface area contributed by atoms with E-state index in [0.717, 1.165) is 0 Å². The highest BCUT2D eigenvalue weighted by Crippen LogP contribution is 2.46. The van der Waals surface area contributed by atoms with Crippen LogP contribution >= 0.6 is 11.3 Å². The fraction of sp³-hybridized carbons (Fsp3) is 0.333. The Labute approximate surface area is 135 Å². The summed E-state index contributed by atoms with van der Waals surface area (Å²) in [6.45, 7) is 1.64. The van der Waals surface area contributed by atoms with Crippen molar-refractivity contribution in [1.82, 2.24) is 0 Å². The van der Waals surface area contributed by atoms with Crippen molar-refractivity contribution in [2.75, 3.05) is 0 Å². The molecule has 1 aliphatic carbocycles. The molecule has 1 atom stereocenters. The van der Waals surface area contributed by atoms with Crippen LogP contribution in [0.4, 0.5) is 5.69 Å². The lowest BCUT2D eigenvalue weighted by Crippen LogP contribution is -2.27. The Kier molecular flexibility index (Phi) is 3.66. The molecule has 0 spiro atoms. The van der Waals surface area contributed by atoms with Gasteiger partial charge in [0.25, 0.3) is 5.69 Å². The van der Waals surface area contributed by atoms with Crippen molar-refractivity contribution in [3.63, 3.8) is 0 Å². The second kappa shape index (κ2) is 5.52. The van der Waals surface area contributed by atoms with Crippen LogP contribution in [-0.4, -0.2) is 10.7 Å². The summed E-state index contributed by atoms with van der Waals surface area (Å²) in [5.74, 6) is -0.310. The third kappa shape index (κ3) is 2.39. The molecular weight excluding hydrogens is 318 g/mol. The van der Waals surface area contributed by atoms with Gasteiger partial charge in [-0.15, -0.1) is 11.3 Å². The van der Waals surface area contributed by atoms with Crippen molar-refractivity contribution in [1.29, 1.82) is 5.26 Å². The minimum absolute atomic E-state index is 0.0160. The molecule has 8 heteroatoms. The molecule has 0 saturated heterocycles. The number of aryl methyl sites for hydroxylation is 1. The Hall–Kier alpha value is -2.66. The number of nitriles is 1. The van der Waals surface area contributed by atoms with Gasteiger partial charge in [-0.1, -0.05) is 0 Å². The molecule has 2 heterocycles. The fourth-order valence-corrected chi connectivity index (χ4v) is 4.07. The summed E-state index contributed by atoms with van der Waals surface area (Å²) in [4.78, 5) is 24.1. The van der Waals surface area contributed by atoms with Gasteiger partial charge in [-0.3, -0.25) is 14.9 Å². The van der Waals surface area contributed by atoms with Crippen molar-refractivity contribution < 1.29 is 14.5 Å². The fourth-order valence-electron chi connectivity index (χ4n) is 2.96. The SMILES string of the molecule is Cc1sc([C@@H]2C(C#N)=C(N)OC3=C2C(=O)CCC3)cc1[N+](=O)[O-]. The number of carbonyl (C=O) groups is 1. The van der Waals surface area contributed by atoms with E-state index < -0.39 is 10.8 Å². The monoisotopic (exact) mass is 331 g/mol. The van der Waals surface area contributed by atoms with Gasteiger partial charge >= 0.3 is 0 Å². The first-order chi connectivity index (χ1) is 10.9. The molecule has 3 rings (SSSR count). The molecule has 118 valence electrons. The number of hydrogen-bond acceptors (Lipinski definition) is 7. The number of hydrogen-bond donors (Lipinski definition) is 1. The van der Waals surface area contributed by atoms with E-state index in [9.17, 15) is 20.2 Å². The lowest BCUT2D eigenvalue weighted by molar-refractivity contribution is -0.385. The number of thiophene rings is 1. The van der Waals surface area contributed by atoms with Gasteiger partial charge in [0.1, 0.15) is 17.4 Å². The van der Waals surface area contributed by atoms with Gasteiger partial charge in [-0.25, -0.2) is 0 Å².